The minimum Gasteiger partial charge on any atom is -0.464 e. The topological polar surface area (TPSA) is 163 Å². The molecule has 0 radical (unpaired) electrons. The van der Waals surface area contributed by atoms with Crippen molar-refractivity contribution in [3.05, 3.63) is 22.7 Å². The molecule has 0 bridgehead atoms. The lowest BCUT2D eigenvalue weighted by atomic mass is 9.89. The second kappa shape index (κ2) is 7.26. The van der Waals surface area contributed by atoms with Crippen LogP contribution in [-0.2, 0) is 15.1 Å². The van der Waals surface area contributed by atoms with Crippen LogP contribution in [0.4, 0.5) is 5.82 Å². The number of carbonyl (C=O) groups excluding carboxylic acids is 1. The van der Waals surface area contributed by atoms with Crippen LogP contribution in [-0.4, -0.2) is 56.6 Å². The van der Waals surface area contributed by atoms with E-state index >= 15 is 0 Å². The Kier molecular flexibility index (Phi) is 5.19. The number of rotatable bonds is 5. The van der Waals surface area contributed by atoms with E-state index in [0.29, 0.717) is 6.42 Å². The van der Waals surface area contributed by atoms with Gasteiger partial charge in [-0.1, -0.05) is 0 Å². The van der Waals surface area contributed by atoms with Gasteiger partial charge in [0, 0.05) is 12.6 Å². The van der Waals surface area contributed by atoms with Gasteiger partial charge in [-0.3, -0.25) is 9.36 Å². The average molecular weight is 377 g/mol. The molecule has 0 aromatic carbocycles. The maximum absolute atomic E-state index is 12.1. The van der Waals surface area contributed by atoms with Crippen molar-refractivity contribution in [3.63, 3.8) is 0 Å². The fraction of sp³-hybridized carbons (Fsp3) is 0.647. The van der Waals surface area contributed by atoms with Crippen molar-refractivity contribution in [1.29, 1.82) is 5.26 Å². The number of ether oxygens (including phenoxy) is 1. The first-order valence-electron chi connectivity index (χ1n) is 8.90. The van der Waals surface area contributed by atoms with Crippen molar-refractivity contribution in [2.24, 2.45) is 0 Å². The van der Waals surface area contributed by atoms with Gasteiger partial charge in [0.1, 0.15) is 18.0 Å². The summed E-state index contributed by atoms with van der Waals surface area (Å²) in [5.41, 5.74) is 1.36. The van der Waals surface area contributed by atoms with E-state index in [2.05, 4.69) is 10.3 Å². The fourth-order valence-corrected chi connectivity index (χ4v) is 3.84. The molecule has 10 heteroatoms. The van der Waals surface area contributed by atoms with Gasteiger partial charge in [-0.15, -0.1) is 0 Å². The van der Waals surface area contributed by atoms with Crippen LogP contribution in [0.1, 0.15) is 32.1 Å². The van der Waals surface area contributed by atoms with Crippen molar-refractivity contribution in [2.75, 3.05) is 18.9 Å². The zero-order chi connectivity index (χ0) is 19.7. The lowest BCUT2D eigenvalue weighted by Crippen LogP contribution is -2.53. The molecule has 1 aromatic rings. The highest BCUT2D eigenvalue weighted by atomic mass is 16.5. The lowest BCUT2D eigenvalue weighted by Gasteiger charge is -2.33. The molecule has 5 N–H and O–H groups in total. The van der Waals surface area contributed by atoms with Crippen LogP contribution in [0.25, 0.3) is 0 Å². The highest BCUT2D eigenvalue weighted by Gasteiger charge is 2.58. The van der Waals surface area contributed by atoms with Crippen molar-refractivity contribution in [3.8, 4) is 6.07 Å². The van der Waals surface area contributed by atoms with Crippen LogP contribution in [0.15, 0.2) is 17.1 Å². The molecule has 146 valence electrons. The molecular weight excluding hydrogens is 354 g/mol. The van der Waals surface area contributed by atoms with Gasteiger partial charge in [-0.05, 0) is 38.3 Å². The van der Waals surface area contributed by atoms with Crippen LogP contribution < -0.4 is 16.7 Å². The van der Waals surface area contributed by atoms with Crippen LogP contribution in [0.3, 0.4) is 0 Å². The van der Waals surface area contributed by atoms with Gasteiger partial charge in [-0.25, -0.2) is 4.79 Å². The Labute approximate surface area is 155 Å². The van der Waals surface area contributed by atoms with Gasteiger partial charge in [0.05, 0.1) is 18.3 Å². The summed E-state index contributed by atoms with van der Waals surface area (Å²) < 4.78 is 6.20. The molecule has 2 fully saturated rings. The van der Waals surface area contributed by atoms with E-state index in [9.17, 15) is 25.1 Å². The van der Waals surface area contributed by atoms with E-state index in [1.54, 1.807) is 0 Å². The molecule has 0 amide bonds. The summed E-state index contributed by atoms with van der Waals surface area (Å²) >= 11 is 0. The first kappa shape index (κ1) is 19.3. The Morgan fingerprint density at radius 2 is 2.33 bits per heavy atom. The highest BCUT2D eigenvalue weighted by Crippen LogP contribution is 2.44. The van der Waals surface area contributed by atoms with E-state index in [4.69, 9.17) is 10.5 Å². The molecule has 2 unspecified atom stereocenters. The Morgan fingerprint density at radius 1 is 1.56 bits per heavy atom. The number of carbonyl (C=O) groups is 1. The molecule has 0 spiro atoms. The van der Waals surface area contributed by atoms with E-state index in [1.807, 2.05) is 6.07 Å². The maximum atomic E-state index is 12.1. The Bertz CT molecular complexity index is 815. The van der Waals surface area contributed by atoms with E-state index in [0.717, 1.165) is 17.5 Å². The third-order valence-electron chi connectivity index (χ3n) is 5.47. The number of hydrogen-bond donors (Lipinski definition) is 4. The van der Waals surface area contributed by atoms with Gasteiger partial charge in [0.2, 0.25) is 0 Å². The lowest BCUT2D eigenvalue weighted by molar-refractivity contribution is -0.149. The van der Waals surface area contributed by atoms with Crippen LogP contribution in [0.5, 0.6) is 0 Å². The number of nitrogens with one attached hydrogen (secondary N) is 1. The van der Waals surface area contributed by atoms with Gasteiger partial charge in [0.15, 0.2) is 5.54 Å². The first-order valence-corrected chi connectivity index (χ1v) is 8.90. The van der Waals surface area contributed by atoms with Gasteiger partial charge in [0.25, 0.3) is 0 Å². The molecule has 1 saturated carbocycles. The molecule has 1 aliphatic heterocycles. The second-order valence-electron chi connectivity index (χ2n) is 7.11. The van der Waals surface area contributed by atoms with E-state index in [-0.39, 0.29) is 37.7 Å². The Balaban J connectivity index is 1.71. The number of aliphatic hydroxyl groups excluding tert-OH is 1. The largest absolute Gasteiger partial charge is 0.464 e. The normalized spacial score (nSPS) is 32.9. The molecule has 3 rings (SSSR count). The summed E-state index contributed by atoms with van der Waals surface area (Å²) in [4.78, 5) is 27.7. The SMILES string of the molecule is N#C[C@@]1(n2ccc(N)nc2=O)CCC(O)(CCOC(=O)[C@@H]2CCCN2)C1O. The fourth-order valence-electron chi connectivity index (χ4n) is 3.84. The van der Waals surface area contributed by atoms with Crippen molar-refractivity contribution >= 4 is 11.8 Å². The third kappa shape index (κ3) is 3.41. The van der Waals surface area contributed by atoms with Crippen molar-refractivity contribution in [2.45, 2.75) is 55.4 Å². The Hall–Kier alpha value is -2.48. The number of nitriles is 1. The number of nitrogens with two attached hydrogens (primary N) is 1. The molecule has 1 saturated heterocycles. The van der Waals surface area contributed by atoms with E-state index < -0.39 is 28.9 Å². The number of esters is 1. The van der Waals surface area contributed by atoms with Gasteiger partial charge < -0.3 is 26.0 Å². The van der Waals surface area contributed by atoms with Crippen molar-refractivity contribution < 1.29 is 19.7 Å². The molecule has 10 nitrogen and oxygen atoms in total. The predicted molar refractivity (Wildman–Crippen MR) is 93.3 cm³/mol. The molecule has 1 aromatic heterocycles. The number of nitrogen functional groups attached to an aromatic ring is 1. The minimum absolute atomic E-state index is 0.000442. The number of aliphatic hydroxyl groups is 2. The second-order valence-corrected chi connectivity index (χ2v) is 7.11. The number of aromatic nitrogens is 2. The first-order chi connectivity index (χ1) is 12.8. The third-order valence-corrected chi connectivity index (χ3v) is 5.47. The Morgan fingerprint density at radius 3 is 2.96 bits per heavy atom. The molecule has 4 atom stereocenters. The standard InChI is InChI=1S/C17H23N5O5/c18-10-16(22-8-3-12(19)21-15(22)25)4-5-17(26,14(16)24)6-9-27-13(23)11-2-1-7-20-11/h3,8,11,14,20,24,26H,1-2,4-7,9H2,(H2,19,21,25)/t11-,14?,16-,17?/m0/s1. The van der Waals surface area contributed by atoms with E-state index in [1.165, 1.54) is 12.3 Å². The summed E-state index contributed by atoms with van der Waals surface area (Å²) in [6.07, 6.45) is 1.40. The number of anilines is 1. The summed E-state index contributed by atoms with van der Waals surface area (Å²) in [7, 11) is 0. The predicted octanol–water partition coefficient (Wildman–Crippen LogP) is -1.38. The smallest absolute Gasteiger partial charge is 0.350 e. The summed E-state index contributed by atoms with van der Waals surface area (Å²) in [6.45, 7) is 0.665. The molecule has 2 aliphatic rings. The summed E-state index contributed by atoms with van der Waals surface area (Å²) in [5.74, 6) is -0.395. The number of hydrogen-bond acceptors (Lipinski definition) is 9. The zero-order valence-electron chi connectivity index (χ0n) is 14.8. The van der Waals surface area contributed by atoms with Gasteiger partial charge >= 0.3 is 11.7 Å². The quantitative estimate of drug-likeness (QED) is 0.452. The number of nitrogens with zero attached hydrogens (tertiary/aromatic N) is 3. The molecule has 2 heterocycles. The van der Waals surface area contributed by atoms with Crippen LogP contribution in [0, 0.1) is 11.3 Å². The minimum atomic E-state index is -1.67. The monoisotopic (exact) mass is 377 g/mol. The maximum Gasteiger partial charge on any atom is 0.350 e. The van der Waals surface area contributed by atoms with Crippen molar-refractivity contribution in [1.82, 2.24) is 14.9 Å². The molecule has 27 heavy (non-hydrogen) atoms. The van der Waals surface area contributed by atoms with Gasteiger partial charge in [-0.2, -0.15) is 10.2 Å². The molecule has 1 aliphatic carbocycles. The summed E-state index contributed by atoms with van der Waals surface area (Å²) in [5, 5.41) is 34.3. The zero-order valence-corrected chi connectivity index (χ0v) is 14.8. The average Bonchev–Trinajstić information content (AvgIpc) is 3.25. The van der Waals surface area contributed by atoms with Crippen LogP contribution >= 0.6 is 0 Å². The summed E-state index contributed by atoms with van der Waals surface area (Å²) in [6, 6.07) is 2.96. The molecular formula is C17H23N5O5. The highest BCUT2D eigenvalue weighted by molar-refractivity contribution is 5.76. The van der Waals surface area contributed by atoms with Crippen LogP contribution in [0.2, 0.25) is 0 Å².